The fourth-order valence-corrected chi connectivity index (χ4v) is 2.66. The Balaban J connectivity index is 1.68. The molecule has 1 N–H and O–H groups in total. The zero-order valence-electron chi connectivity index (χ0n) is 14.9. The van der Waals surface area contributed by atoms with E-state index in [2.05, 4.69) is 5.32 Å². The molecule has 0 fully saturated rings. The Kier molecular flexibility index (Phi) is 4.93. The van der Waals surface area contributed by atoms with Crippen molar-refractivity contribution in [3.63, 3.8) is 0 Å². The van der Waals surface area contributed by atoms with Crippen LogP contribution in [0.3, 0.4) is 0 Å². The summed E-state index contributed by atoms with van der Waals surface area (Å²) in [6.07, 6.45) is 1.78. The van der Waals surface area contributed by atoms with Crippen LogP contribution in [0.1, 0.15) is 15.9 Å². The Bertz CT molecular complexity index is 942. The van der Waals surface area contributed by atoms with E-state index in [1.54, 1.807) is 57.8 Å². The summed E-state index contributed by atoms with van der Waals surface area (Å²) in [6.45, 7) is 0. The van der Waals surface area contributed by atoms with Crippen LogP contribution in [0.5, 0.6) is 5.75 Å². The second kappa shape index (κ2) is 7.31. The van der Waals surface area contributed by atoms with Gasteiger partial charge in [-0.25, -0.2) is 0 Å². The molecule has 26 heavy (non-hydrogen) atoms. The molecule has 6 nitrogen and oxygen atoms in total. The van der Waals surface area contributed by atoms with Crippen LogP contribution in [0.15, 0.2) is 53.1 Å². The third-order valence-corrected chi connectivity index (χ3v) is 4.04. The minimum Gasteiger partial charge on any atom is -0.497 e. The summed E-state index contributed by atoms with van der Waals surface area (Å²) in [6, 6.07) is 12.3. The van der Waals surface area contributed by atoms with Crippen molar-refractivity contribution < 1.29 is 18.7 Å². The highest BCUT2D eigenvalue weighted by Crippen LogP contribution is 2.26. The molecule has 0 bridgehead atoms. The predicted octanol–water partition coefficient (Wildman–Crippen LogP) is 3.32. The van der Waals surface area contributed by atoms with Gasteiger partial charge in [-0.1, -0.05) is 0 Å². The molecule has 134 valence electrons. The first-order valence-electron chi connectivity index (χ1n) is 8.13. The minimum atomic E-state index is -0.157. The molecule has 3 rings (SSSR count). The van der Waals surface area contributed by atoms with Gasteiger partial charge in [0.2, 0.25) is 5.91 Å². The molecule has 0 aliphatic carbocycles. The molecule has 2 amide bonds. The summed E-state index contributed by atoms with van der Waals surface area (Å²) in [5.41, 5.74) is 2.70. The fourth-order valence-electron chi connectivity index (χ4n) is 2.66. The lowest BCUT2D eigenvalue weighted by Gasteiger charge is -2.11. The van der Waals surface area contributed by atoms with Crippen LogP contribution in [0.25, 0.3) is 11.0 Å². The monoisotopic (exact) mass is 352 g/mol. The molecular weight excluding hydrogens is 332 g/mol. The molecule has 0 spiro atoms. The van der Waals surface area contributed by atoms with E-state index in [4.69, 9.17) is 9.15 Å². The van der Waals surface area contributed by atoms with Gasteiger partial charge >= 0.3 is 0 Å². The third-order valence-electron chi connectivity index (χ3n) is 4.04. The van der Waals surface area contributed by atoms with Crippen LogP contribution >= 0.6 is 0 Å². The molecule has 3 aromatic rings. The van der Waals surface area contributed by atoms with Gasteiger partial charge in [0.25, 0.3) is 5.91 Å². The Morgan fingerprint density at radius 1 is 1.12 bits per heavy atom. The average Bonchev–Trinajstić information content (AvgIpc) is 3.03. The number of anilines is 1. The molecule has 0 radical (unpaired) electrons. The lowest BCUT2D eigenvalue weighted by Crippen LogP contribution is -2.21. The first-order valence-corrected chi connectivity index (χ1v) is 8.13. The number of rotatable bonds is 5. The number of furan rings is 1. The number of ether oxygens (including phenoxy) is 1. The summed E-state index contributed by atoms with van der Waals surface area (Å²) < 4.78 is 10.7. The summed E-state index contributed by atoms with van der Waals surface area (Å²) >= 11 is 0. The number of hydrogen-bond acceptors (Lipinski definition) is 4. The minimum absolute atomic E-state index is 0.0804. The second-order valence-electron chi connectivity index (χ2n) is 6.12. The van der Waals surface area contributed by atoms with Crippen molar-refractivity contribution in [1.82, 2.24) is 4.90 Å². The topological polar surface area (TPSA) is 71.8 Å². The zero-order valence-corrected chi connectivity index (χ0v) is 14.9. The Morgan fingerprint density at radius 2 is 1.85 bits per heavy atom. The van der Waals surface area contributed by atoms with Crippen molar-refractivity contribution >= 4 is 28.5 Å². The van der Waals surface area contributed by atoms with Crippen LogP contribution in [0, 0.1) is 0 Å². The maximum absolute atomic E-state index is 12.3. The summed E-state index contributed by atoms with van der Waals surface area (Å²) in [7, 11) is 4.99. The van der Waals surface area contributed by atoms with E-state index in [1.807, 2.05) is 12.1 Å². The molecule has 1 heterocycles. The van der Waals surface area contributed by atoms with Crippen molar-refractivity contribution in [2.24, 2.45) is 0 Å². The van der Waals surface area contributed by atoms with Crippen LogP contribution < -0.4 is 10.1 Å². The Hall–Kier alpha value is -3.28. The van der Waals surface area contributed by atoms with Gasteiger partial charge < -0.3 is 19.4 Å². The van der Waals surface area contributed by atoms with Crippen molar-refractivity contribution in [3.8, 4) is 5.75 Å². The quantitative estimate of drug-likeness (QED) is 0.764. The summed E-state index contributed by atoms with van der Waals surface area (Å²) in [5, 5.41) is 3.71. The van der Waals surface area contributed by atoms with Crippen molar-refractivity contribution in [3.05, 3.63) is 59.9 Å². The lowest BCUT2D eigenvalue weighted by molar-refractivity contribution is -0.115. The maximum Gasteiger partial charge on any atom is 0.253 e. The molecule has 0 saturated heterocycles. The number of fused-ring (bicyclic) bond motifs is 1. The van der Waals surface area contributed by atoms with Gasteiger partial charge in [-0.3, -0.25) is 9.59 Å². The first kappa shape index (κ1) is 17.5. The largest absolute Gasteiger partial charge is 0.497 e. The molecule has 0 saturated carbocycles. The lowest BCUT2D eigenvalue weighted by atomic mass is 10.1. The molecular formula is C20H20N2O4. The number of benzene rings is 2. The molecule has 2 aromatic carbocycles. The highest BCUT2D eigenvalue weighted by Gasteiger charge is 2.12. The van der Waals surface area contributed by atoms with Crippen LogP contribution in [-0.4, -0.2) is 37.9 Å². The molecule has 0 atom stereocenters. The van der Waals surface area contributed by atoms with E-state index >= 15 is 0 Å². The van der Waals surface area contributed by atoms with Gasteiger partial charge in [-0.05, 0) is 36.4 Å². The van der Waals surface area contributed by atoms with E-state index in [1.165, 1.54) is 4.90 Å². The van der Waals surface area contributed by atoms with E-state index in [0.717, 1.165) is 10.9 Å². The second-order valence-corrected chi connectivity index (χ2v) is 6.12. The first-order chi connectivity index (χ1) is 12.5. The van der Waals surface area contributed by atoms with Gasteiger partial charge in [0.05, 0.1) is 19.8 Å². The van der Waals surface area contributed by atoms with Gasteiger partial charge in [-0.15, -0.1) is 0 Å². The van der Waals surface area contributed by atoms with Crippen molar-refractivity contribution in [2.75, 3.05) is 26.5 Å². The number of methoxy groups -OCH3 is 1. The number of nitrogens with zero attached hydrogens (tertiary/aromatic N) is 1. The normalized spacial score (nSPS) is 10.6. The molecule has 0 unspecified atom stereocenters. The van der Waals surface area contributed by atoms with Crippen LogP contribution in [0.4, 0.5) is 5.69 Å². The van der Waals surface area contributed by atoms with E-state index in [0.29, 0.717) is 22.6 Å². The summed E-state index contributed by atoms with van der Waals surface area (Å²) in [5.74, 6) is 0.466. The SMILES string of the molecule is COc1ccc2c(CC(=O)Nc3ccc(C(=O)N(C)C)cc3)coc2c1. The fraction of sp³-hybridized carbons (Fsp3) is 0.200. The molecule has 0 aliphatic rings. The predicted molar refractivity (Wildman–Crippen MR) is 99.6 cm³/mol. The molecule has 1 aromatic heterocycles. The van der Waals surface area contributed by atoms with Crippen molar-refractivity contribution in [1.29, 1.82) is 0 Å². The van der Waals surface area contributed by atoms with Gasteiger partial charge in [-0.2, -0.15) is 0 Å². The average molecular weight is 352 g/mol. The number of hydrogen-bond donors (Lipinski definition) is 1. The van der Waals surface area contributed by atoms with Crippen molar-refractivity contribution in [2.45, 2.75) is 6.42 Å². The molecule has 0 aliphatic heterocycles. The van der Waals surface area contributed by atoms with Gasteiger partial charge in [0.1, 0.15) is 11.3 Å². The number of nitrogens with one attached hydrogen (secondary N) is 1. The number of amides is 2. The van der Waals surface area contributed by atoms with E-state index in [-0.39, 0.29) is 18.2 Å². The smallest absolute Gasteiger partial charge is 0.253 e. The van der Waals surface area contributed by atoms with Gasteiger partial charge in [0.15, 0.2) is 0 Å². The Labute approximate surface area is 151 Å². The third kappa shape index (κ3) is 3.69. The van der Waals surface area contributed by atoms with Gasteiger partial charge in [0, 0.05) is 42.4 Å². The van der Waals surface area contributed by atoms with Crippen LogP contribution in [0.2, 0.25) is 0 Å². The highest BCUT2D eigenvalue weighted by molar-refractivity contribution is 5.97. The maximum atomic E-state index is 12.3. The Morgan fingerprint density at radius 3 is 2.50 bits per heavy atom. The molecule has 6 heteroatoms. The van der Waals surface area contributed by atoms with Crippen LogP contribution in [-0.2, 0) is 11.2 Å². The van der Waals surface area contributed by atoms with E-state index < -0.39 is 0 Å². The van der Waals surface area contributed by atoms with E-state index in [9.17, 15) is 9.59 Å². The standard InChI is InChI=1S/C20H20N2O4/c1-22(2)20(24)13-4-6-15(7-5-13)21-19(23)10-14-12-26-18-11-16(25-3)8-9-17(14)18/h4-9,11-12H,10H2,1-3H3,(H,21,23). The zero-order chi connectivity index (χ0) is 18.7. The number of carbonyl (C=O) groups excluding carboxylic acids is 2. The number of carbonyl (C=O) groups is 2. The summed E-state index contributed by atoms with van der Waals surface area (Å²) in [4.78, 5) is 25.7. The highest BCUT2D eigenvalue weighted by atomic mass is 16.5.